The second-order valence-electron chi connectivity index (χ2n) is 5.13. The molecule has 19 heavy (non-hydrogen) atoms. The molecule has 0 saturated carbocycles. The van der Waals surface area contributed by atoms with Crippen LogP contribution in [0.1, 0.15) is 20.3 Å². The number of thioether (sulfide) groups is 1. The lowest BCUT2D eigenvalue weighted by Crippen LogP contribution is -2.33. The molecule has 0 aliphatic carbocycles. The highest BCUT2D eigenvalue weighted by atomic mass is 32.2. The van der Waals surface area contributed by atoms with Crippen LogP contribution in [0.2, 0.25) is 0 Å². The third-order valence-corrected chi connectivity index (χ3v) is 3.73. The van der Waals surface area contributed by atoms with Crippen molar-refractivity contribution in [3.05, 3.63) is 30.3 Å². The van der Waals surface area contributed by atoms with E-state index in [2.05, 4.69) is 43.0 Å². The quantitative estimate of drug-likeness (QED) is 0.415. The van der Waals surface area contributed by atoms with Crippen molar-refractivity contribution in [1.29, 1.82) is 5.41 Å². The van der Waals surface area contributed by atoms with Crippen LogP contribution in [0, 0.1) is 11.3 Å². The Morgan fingerprint density at radius 1 is 1.26 bits per heavy atom. The molecule has 0 unspecified atom stereocenters. The second-order valence-corrected chi connectivity index (χ2v) is 6.30. The molecule has 0 aromatic heterocycles. The minimum atomic E-state index is 0.282. The lowest BCUT2D eigenvalue weighted by Gasteiger charge is -2.23. The highest BCUT2D eigenvalue weighted by Crippen LogP contribution is 2.17. The third-order valence-electron chi connectivity index (χ3n) is 2.74. The third kappa shape index (κ3) is 7.90. The fraction of sp³-hybridized carbons (Fsp3) is 0.533. The fourth-order valence-corrected chi connectivity index (χ4v) is 2.83. The number of benzene rings is 1. The number of nitrogens with zero attached hydrogens (tertiary/aromatic N) is 1. The molecule has 0 spiro atoms. The summed E-state index contributed by atoms with van der Waals surface area (Å²) in [6.07, 6.45) is 0.669. The van der Waals surface area contributed by atoms with E-state index in [0.29, 0.717) is 12.3 Å². The maximum absolute atomic E-state index is 7.33. The Balaban J connectivity index is 2.33. The van der Waals surface area contributed by atoms with Crippen LogP contribution in [-0.2, 0) is 0 Å². The summed E-state index contributed by atoms with van der Waals surface area (Å²) in [6, 6.07) is 10.5. The van der Waals surface area contributed by atoms with E-state index in [1.165, 1.54) is 4.90 Å². The van der Waals surface area contributed by atoms with Crippen LogP contribution in [0.3, 0.4) is 0 Å². The molecular formula is C15H25N3S. The summed E-state index contributed by atoms with van der Waals surface area (Å²) in [5.74, 6) is 2.01. The SMILES string of the molecule is CC(C)CN(CCSc1ccccc1)CCC(=N)N. The van der Waals surface area contributed by atoms with Gasteiger partial charge in [0, 0.05) is 36.7 Å². The van der Waals surface area contributed by atoms with Crippen LogP contribution in [0.5, 0.6) is 0 Å². The van der Waals surface area contributed by atoms with Gasteiger partial charge in [-0.2, -0.15) is 0 Å². The van der Waals surface area contributed by atoms with Gasteiger partial charge < -0.3 is 10.6 Å². The lowest BCUT2D eigenvalue weighted by molar-refractivity contribution is 0.265. The smallest absolute Gasteiger partial charge is 0.0918 e. The number of hydrogen-bond donors (Lipinski definition) is 2. The van der Waals surface area contributed by atoms with Gasteiger partial charge in [-0.05, 0) is 18.1 Å². The molecule has 0 aliphatic rings. The van der Waals surface area contributed by atoms with Crippen molar-refractivity contribution >= 4 is 17.6 Å². The Morgan fingerprint density at radius 2 is 1.95 bits per heavy atom. The maximum atomic E-state index is 7.33. The van der Waals surface area contributed by atoms with E-state index in [-0.39, 0.29) is 5.84 Å². The monoisotopic (exact) mass is 279 g/mol. The van der Waals surface area contributed by atoms with E-state index in [9.17, 15) is 0 Å². The normalized spacial score (nSPS) is 11.2. The molecule has 1 rings (SSSR count). The van der Waals surface area contributed by atoms with Crippen molar-refractivity contribution in [3.8, 4) is 0 Å². The average Bonchev–Trinajstić information content (AvgIpc) is 2.36. The molecule has 0 aliphatic heterocycles. The summed E-state index contributed by atoms with van der Waals surface area (Å²) in [5, 5.41) is 7.33. The van der Waals surface area contributed by atoms with Crippen LogP contribution >= 0.6 is 11.8 Å². The van der Waals surface area contributed by atoms with Gasteiger partial charge in [-0.1, -0.05) is 32.0 Å². The van der Waals surface area contributed by atoms with Gasteiger partial charge in [-0.15, -0.1) is 11.8 Å². The number of nitrogens with two attached hydrogens (primary N) is 1. The first-order chi connectivity index (χ1) is 9.08. The van der Waals surface area contributed by atoms with Crippen molar-refractivity contribution in [2.45, 2.75) is 25.2 Å². The zero-order valence-corrected chi connectivity index (χ0v) is 12.7. The van der Waals surface area contributed by atoms with Crippen LogP contribution in [-0.4, -0.2) is 36.1 Å². The molecular weight excluding hydrogens is 254 g/mol. The molecule has 0 saturated heterocycles. The van der Waals surface area contributed by atoms with Crippen molar-refractivity contribution in [3.63, 3.8) is 0 Å². The van der Waals surface area contributed by atoms with Gasteiger partial charge >= 0.3 is 0 Å². The molecule has 0 bridgehead atoms. The molecule has 4 heteroatoms. The van der Waals surface area contributed by atoms with E-state index >= 15 is 0 Å². The number of amidine groups is 1. The van der Waals surface area contributed by atoms with Crippen LogP contribution in [0.25, 0.3) is 0 Å². The van der Waals surface area contributed by atoms with E-state index in [1.54, 1.807) is 0 Å². The second kappa shape index (κ2) is 8.99. The van der Waals surface area contributed by atoms with Gasteiger partial charge in [0.2, 0.25) is 0 Å². The predicted molar refractivity (Wildman–Crippen MR) is 85.0 cm³/mol. The average molecular weight is 279 g/mol. The zero-order chi connectivity index (χ0) is 14.1. The molecule has 1 aromatic rings. The predicted octanol–water partition coefficient (Wildman–Crippen LogP) is 3.06. The van der Waals surface area contributed by atoms with Gasteiger partial charge in [0.15, 0.2) is 0 Å². The van der Waals surface area contributed by atoms with Crippen molar-refractivity contribution in [2.24, 2.45) is 11.7 Å². The van der Waals surface area contributed by atoms with Crippen molar-refractivity contribution in [1.82, 2.24) is 4.90 Å². The largest absolute Gasteiger partial charge is 0.388 e. The fourth-order valence-electron chi connectivity index (χ4n) is 1.90. The van der Waals surface area contributed by atoms with Crippen molar-refractivity contribution in [2.75, 3.05) is 25.4 Å². The highest BCUT2D eigenvalue weighted by molar-refractivity contribution is 7.99. The van der Waals surface area contributed by atoms with Crippen LogP contribution in [0.15, 0.2) is 35.2 Å². The topological polar surface area (TPSA) is 53.1 Å². The van der Waals surface area contributed by atoms with E-state index in [1.807, 2.05) is 17.8 Å². The maximum Gasteiger partial charge on any atom is 0.0918 e. The molecule has 0 atom stereocenters. The van der Waals surface area contributed by atoms with E-state index in [4.69, 9.17) is 11.1 Å². The van der Waals surface area contributed by atoms with Crippen molar-refractivity contribution < 1.29 is 0 Å². The Bertz CT molecular complexity index is 365. The minimum absolute atomic E-state index is 0.282. The Kier molecular flexibility index (Phi) is 7.60. The Labute approximate surface area is 121 Å². The Hall–Kier alpha value is -1.00. The zero-order valence-electron chi connectivity index (χ0n) is 11.9. The van der Waals surface area contributed by atoms with Gasteiger partial charge in [-0.3, -0.25) is 5.41 Å². The van der Waals surface area contributed by atoms with Gasteiger partial charge in [0.1, 0.15) is 0 Å². The summed E-state index contributed by atoms with van der Waals surface area (Å²) in [4.78, 5) is 3.72. The summed E-state index contributed by atoms with van der Waals surface area (Å²) in [5.41, 5.74) is 5.44. The van der Waals surface area contributed by atoms with Gasteiger partial charge in [-0.25, -0.2) is 0 Å². The molecule has 0 radical (unpaired) electrons. The standard InChI is InChI=1S/C15H25N3S/c1-13(2)12-18(9-8-15(16)17)10-11-19-14-6-4-3-5-7-14/h3-7,13H,8-12H2,1-2H3,(H3,16,17). The first kappa shape index (κ1) is 16.1. The Morgan fingerprint density at radius 3 is 2.53 bits per heavy atom. The highest BCUT2D eigenvalue weighted by Gasteiger charge is 2.08. The molecule has 0 heterocycles. The number of rotatable bonds is 9. The molecule has 1 aromatic carbocycles. The number of nitrogens with one attached hydrogen (secondary N) is 1. The lowest BCUT2D eigenvalue weighted by atomic mass is 10.2. The first-order valence-corrected chi connectivity index (χ1v) is 7.79. The molecule has 0 fully saturated rings. The van der Waals surface area contributed by atoms with Crippen LogP contribution in [0.4, 0.5) is 0 Å². The minimum Gasteiger partial charge on any atom is -0.388 e. The first-order valence-electron chi connectivity index (χ1n) is 6.81. The van der Waals surface area contributed by atoms with E-state index < -0.39 is 0 Å². The van der Waals surface area contributed by atoms with Gasteiger partial charge in [0.25, 0.3) is 0 Å². The molecule has 0 amide bonds. The summed E-state index contributed by atoms with van der Waals surface area (Å²) in [6.45, 7) is 7.47. The summed E-state index contributed by atoms with van der Waals surface area (Å²) in [7, 11) is 0. The molecule has 106 valence electrons. The molecule has 3 N–H and O–H groups in total. The molecule has 3 nitrogen and oxygen atoms in total. The van der Waals surface area contributed by atoms with Gasteiger partial charge in [0.05, 0.1) is 5.84 Å². The summed E-state index contributed by atoms with van der Waals surface area (Å²) >= 11 is 1.88. The number of hydrogen-bond acceptors (Lipinski definition) is 3. The van der Waals surface area contributed by atoms with E-state index in [0.717, 1.165) is 25.4 Å². The summed E-state index contributed by atoms with van der Waals surface area (Å²) < 4.78 is 0. The van der Waals surface area contributed by atoms with Crippen LogP contribution < -0.4 is 5.73 Å².